The summed E-state index contributed by atoms with van der Waals surface area (Å²) in [4.78, 5) is 26.1. The number of aromatic nitrogens is 3. The largest absolute Gasteiger partial charge is 0.493 e. The Morgan fingerprint density at radius 1 is 0.603 bits per heavy atom. The van der Waals surface area contributed by atoms with Crippen molar-refractivity contribution in [2.45, 2.75) is 32.4 Å². The van der Waals surface area contributed by atoms with E-state index in [-0.39, 0.29) is 23.2 Å². The highest BCUT2D eigenvalue weighted by Crippen LogP contribution is 2.32. The number of ether oxygens (including phenoxy) is 4. The van der Waals surface area contributed by atoms with Crippen LogP contribution in [0.1, 0.15) is 24.1 Å². The highest BCUT2D eigenvalue weighted by molar-refractivity contribution is 5.82. The van der Waals surface area contributed by atoms with Crippen LogP contribution in [0, 0.1) is 0 Å². The van der Waals surface area contributed by atoms with E-state index in [1.807, 2.05) is 103 Å². The van der Waals surface area contributed by atoms with E-state index in [2.05, 4.69) is 10.3 Å². The number of hydrogen-bond acceptors (Lipinski definition) is 10. The van der Waals surface area contributed by atoms with Crippen LogP contribution in [0.15, 0.2) is 158 Å². The molecule has 5 aromatic carbocycles. The first-order valence-electron chi connectivity index (χ1n) is 19.3. The lowest BCUT2D eigenvalue weighted by Gasteiger charge is -2.12. The third kappa shape index (κ3) is 9.34. The molecule has 11 heteroatoms. The first-order valence-corrected chi connectivity index (χ1v) is 19.3. The fraction of sp³-hybridized carbons (Fsp3) is 0.191. The fourth-order valence-corrected chi connectivity index (χ4v) is 6.49. The van der Waals surface area contributed by atoms with E-state index in [1.165, 1.54) is 6.07 Å². The Balaban J connectivity index is 0.751. The van der Waals surface area contributed by atoms with E-state index in [9.17, 15) is 9.59 Å². The van der Waals surface area contributed by atoms with Crippen molar-refractivity contribution in [3.63, 3.8) is 0 Å². The first-order chi connectivity index (χ1) is 28.6. The van der Waals surface area contributed by atoms with Gasteiger partial charge in [0.1, 0.15) is 41.6 Å². The van der Waals surface area contributed by atoms with Gasteiger partial charge in [-0.1, -0.05) is 78.0 Å². The van der Waals surface area contributed by atoms with E-state index in [4.69, 9.17) is 27.8 Å². The lowest BCUT2D eigenvalue weighted by atomic mass is 10.1. The molecule has 0 spiro atoms. The van der Waals surface area contributed by atoms with E-state index in [0.29, 0.717) is 83.5 Å². The minimum Gasteiger partial charge on any atom is -0.493 e. The average molecular weight is 776 g/mol. The Bertz CT molecular complexity index is 2710. The molecule has 3 heterocycles. The van der Waals surface area contributed by atoms with Gasteiger partial charge >= 0.3 is 0 Å². The van der Waals surface area contributed by atoms with Crippen molar-refractivity contribution < 1.29 is 27.8 Å². The molecule has 0 atom stereocenters. The Labute approximate surface area is 334 Å². The number of nitrogens with zero attached hydrogens (tertiary/aromatic N) is 3. The molecule has 0 amide bonds. The molecule has 8 rings (SSSR count). The van der Waals surface area contributed by atoms with E-state index in [1.54, 1.807) is 35.0 Å². The molecule has 0 saturated carbocycles. The molecule has 0 fully saturated rings. The van der Waals surface area contributed by atoms with Crippen LogP contribution in [-0.2, 0) is 24.3 Å². The fourth-order valence-electron chi connectivity index (χ4n) is 6.49. The molecule has 0 radical (unpaired) electrons. The number of aryl methyl sites for hydroxylation is 1. The van der Waals surface area contributed by atoms with Gasteiger partial charge in [-0.15, -0.1) is 5.10 Å². The molecule has 0 aliphatic heterocycles. The van der Waals surface area contributed by atoms with Crippen molar-refractivity contribution in [1.29, 1.82) is 0 Å². The summed E-state index contributed by atoms with van der Waals surface area (Å²) < 4.78 is 37.8. The van der Waals surface area contributed by atoms with Crippen molar-refractivity contribution in [1.82, 2.24) is 15.0 Å². The Morgan fingerprint density at radius 3 is 2.21 bits per heavy atom. The summed E-state index contributed by atoms with van der Waals surface area (Å²) in [7, 11) is 0. The van der Waals surface area contributed by atoms with Gasteiger partial charge in [0, 0.05) is 29.5 Å². The van der Waals surface area contributed by atoms with Crippen LogP contribution in [0.5, 0.6) is 17.2 Å². The molecule has 292 valence electrons. The molecular formula is C47H41N3O8. The highest BCUT2D eigenvalue weighted by Gasteiger charge is 2.18. The molecule has 58 heavy (non-hydrogen) atoms. The normalized spacial score (nSPS) is 11.2. The average Bonchev–Trinajstić information content (AvgIpc) is 3.72. The summed E-state index contributed by atoms with van der Waals surface area (Å²) in [6.07, 6.45) is 4.43. The molecule has 0 saturated heterocycles. The zero-order valence-corrected chi connectivity index (χ0v) is 31.8. The van der Waals surface area contributed by atoms with Crippen molar-refractivity contribution in [2.75, 3.05) is 26.4 Å². The Morgan fingerprint density at radius 2 is 1.36 bits per heavy atom. The van der Waals surface area contributed by atoms with Gasteiger partial charge in [-0.05, 0) is 73.4 Å². The van der Waals surface area contributed by atoms with E-state index < -0.39 is 0 Å². The van der Waals surface area contributed by atoms with E-state index >= 15 is 0 Å². The van der Waals surface area contributed by atoms with Gasteiger partial charge in [0.15, 0.2) is 11.2 Å². The molecule has 11 nitrogen and oxygen atoms in total. The molecule has 3 aromatic heterocycles. The summed E-state index contributed by atoms with van der Waals surface area (Å²) in [6, 6.07) is 40.6. The molecule has 0 N–H and O–H groups in total. The molecule has 0 aliphatic carbocycles. The SMILES string of the molecule is O=c1cc(-c2ccccc2)oc2cc(OCCCCc3cn(CCOCCOc4ccc(-c5oc6ccccc6c(=O)c5OCc5ccccc5)cc4)nn3)ccc12. The molecule has 0 aliphatic rings. The molecule has 0 bridgehead atoms. The van der Waals surface area contributed by atoms with Gasteiger partial charge in [-0.2, -0.15) is 0 Å². The van der Waals surface area contributed by atoms with Crippen LogP contribution in [0.25, 0.3) is 44.6 Å². The minimum absolute atomic E-state index is 0.0867. The molecule has 0 unspecified atom stereocenters. The van der Waals surface area contributed by atoms with Crippen LogP contribution < -0.4 is 25.1 Å². The van der Waals surface area contributed by atoms with Crippen molar-refractivity contribution in [3.8, 4) is 39.9 Å². The van der Waals surface area contributed by atoms with Gasteiger partial charge in [0.25, 0.3) is 0 Å². The lowest BCUT2D eigenvalue weighted by Crippen LogP contribution is -2.12. The number of unbranched alkanes of at least 4 members (excludes halogenated alkanes) is 1. The Hall–Kier alpha value is -6.98. The zero-order chi connectivity index (χ0) is 39.5. The summed E-state index contributed by atoms with van der Waals surface area (Å²) in [5, 5.41) is 9.52. The van der Waals surface area contributed by atoms with Crippen molar-refractivity contribution in [3.05, 3.63) is 171 Å². The molecule has 8 aromatic rings. The lowest BCUT2D eigenvalue weighted by molar-refractivity contribution is 0.0923. The third-order valence-electron chi connectivity index (χ3n) is 9.50. The second-order valence-corrected chi connectivity index (χ2v) is 13.6. The maximum Gasteiger partial charge on any atom is 0.235 e. The summed E-state index contributed by atoms with van der Waals surface area (Å²) in [5.41, 5.74) is 4.09. The standard InChI is InChI=1S/C47H41N3O8/c51-41-30-43(34-13-5-2-6-14-34)57-44-29-38(22-23-39(41)44)54-25-10-9-15-36-31-50(49-48-36)24-26-53-27-28-55-37-20-18-35(19-21-37)46-47(56-32-33-11-3-1-4-12-33)45(52)40-16-7-8-17-42(40)58-46/h1-8,11-14,16-23,29-31H,9-10,15,24-28,32H2. The molecular weight excluding hydrogens is 735 g/mol. The van der Waals surface area contributed by atoms with Crippen LogP contribution in [-0.4, -0.2) is 41.4 Å². The van der Waals surface area contributed by atoms with Gasteiger partial charge < -0.3 is 27.8 Å². The van der Waals surface area contributed by atoms with Crippen LogP contribution in [0.3, 0.4) is 0 Å². The smallest absolute Gasteiger partial charge is 0.235 e. The van der Waals surface area contributed by atoms with Gasteiger partial charge in [0.05, 0.1) is 42.8 Å². The number of rotatable bonds is 18. The van der Waals surface area contributed by atoms with Crippen LogP contribution >= 0.6 is 0 Å². The third-order valence-corrected chi connectivity index (χ3v) is 9.50. The Kier molecular flexibility index (Phi) is 12.0. The van der Waals surface area contributed by atoms with Gasteiger partial charge in [0.2, 0.25) is 11.2 Å². The van der Waals surface area contributed by atoms with Gasteiger partial charge in [-0.25, -0.2) is 4.68 Å². The monoisotopic (exact) mass is 775 g/mol. The second kappa shape index (κ2) is 18.3. The van der Waals surface area contributed by atoms with Crippen LogP contribution in [0.4, 0.5) is 0 Å². The summed E-state index contributed by atoms with van der Waals surface area (Å²) in [6.45, 7) is 2.56. The second-order valence-electron chi connectivity index (χ2n) is 13.6. The predicted molar refractivity (Wildman–Crippen MR) is 221 cm³/mol. The highest BCUT2D eigenvalue weighted by atomic mass is 16.5. The number of para-hydroxylation sites is 1. The van der Waals surface area contributed by atoms with Crippen LogP contribution in [0.2, 0.25) is 0 Å². The number of benzene rings is 5. The topological polar surface area (TPSA) is 128 Å². The quantitative estimate of drug-likeness (QED) is 0.0780. The van der Waals surface area contributed by atoms with Gasteiger partial charge in [-0.3, -0.25) is 9.59 Å². The summed E-state index contributed by atoms with van der Waals surface area (Å²) in [5.74, 6) is 2.39. The van der Waals surface area contributed by atoms with Crippen molar-refractivity contribution in [2.24, 2.45) is 0 Å². The van der Waals surface area contributed by atoms with Crippen molar-refractivity contribution >= 4 is 21.9 Å². The first kappa shape index (κ1) is 37.9. The predicted octanol–water partition coefficient (Wildman–Crippen LogP) is 8.90. The minimum atomic E-state index is -0.218. The van der Waals surface area contributed by atoms with E-state index in [0.717, 1.165) is 36.1 Å². The number of fused-ring (bicyclic) bond motifs is 2. The maximum absolute atomic E-state index is 13.5. The summed E-state index contributed by atoms with van der Waals surface area (Å²) >= 11 is 0. The zero-order valence-electron chi connectivity index (χ0n) is 31.8. The maximum atomic E-state index is 13.5. The number of hydrogen-bond donors (Lipinski definition) is 0.